The molecule has 6 nitrogen and oxygen atoms in total. The summed E-state index contributed by atoms with van der Waals surface area (Å²) in [6, 6.07) is 9.48. The molecule has 4 heterocycles. The summed E-state index contributed by atoms with van der Waals surface area (Å²) in [6.07, 6.45) is 8.83. The van der Waals surface area contributed by atoms with E-state index in [1.54, 1.807) is 24.5 Å². The third kappa shape index (κ3) is 2.82. The molecule has 1 amide bonds. The SMILES string of the molecule is O=C(/C=C/c1ccco1)N1CCCC(c2nnc3ccccn23)C1. The molecule has 0 aliphatic carbocycles. The van der Waals surface area contributed by atoms with E-state index in [9.17, 15) is 4.79 Å². The lowest BCUT2D eigenvalue weighted by molar-refractivity contribution is -0.127. The zero-order chi connectivity index (χ0) is 16.4. The fourth-order valence-corrected chi connectivity index (χ4v) is 3.17. The lowest BCUT2D eigenvalue weighted by atomic mass is 9.97. The van der Waals surface area contributed by atoms with Gasteiger partial charge in [0.2, 0.25) is 5.91 Å². The topological polar surface area (TPSA) is 63.6 Å². The first-order chi connectivity index (χ1) is 11.8. The number of carbonyl (C=O) groups is 1. The number of pyridine rings is 1. The number of carbonyl (C=O) groups excluding carboxylic acids is 1. The molecule has 3 aromatic rings. The Bertz CT molecular complexity index is 866. The molecule has 1 saturated heterocycles. The van der Waals surface area contributed by atoms with Crippen LogP contribution in [0.4, 0.5) is 0 Å². The normalized spacial score (nSPS) is 18.5. The molecule has 4 rings (SSSR count). The van der Waals surface area contributed by atoms with Crippen LogP contribution in [0.25, 0.3) is 11.7 Å². The van der Waals surface area contributed by atoms with E-state index in [1.165, 1.54) is 0 Å². The van der Waals surface area contributed by atoms with Crippen LogP contribution in [0.15, 0.2) is 53.3 Å². The number of furan rings is 1. The average Bonchev–Trinajstić information content (AvgIpc) is 3.29. The van der Waals surface area contributed by atoms with Gasteiger partial charge < -0.3 is 9.32 Å². The Kier molecular flexibility index (Phi) is 3.86. The smallest absolute Gasteiger partial charge is 0.246 e. The zero-order valence-corrected chi connectivity index (χ0v) is 13.2. The molecular weight excluding hydrogens is 304 g/mol. The highest BCUT2D eigenvalue weighted by molar-refractivity contribution is 5.91. The van der Waals surface area contributed by atoms with Gasteiger partial charge in [0.15, 0.2) is 5.65 Å². The van der Waals surface area contributed by atoms with Gasteiger partial charge >= 0.3 is 0 Å². The minimum absolute atomic E-state index is 0.00456. The molecule has 6 heteroatoms. The van der Waals surface area contributed by atoms with E-state index in [4.69, 9.17) is 4.42 Å². The Morgan fingerprint density at radius 2 is 2.21 bits per heavy atom. The molecule has 24 heavy (non-hydrogen) atoms. The standard InChI is InChI=1S/C18H18N4O2/c23-17(9-8-15-6-4-12-24-15)21-10-3-5-14(13-21)18-20-19-16-7-1-2-11-22(16)18/h1-2,4,6-9,11-12,14H,3,5,10,13H2/b9-8+. The lowest BCUT2D eigenvalue weighted by Gasteiger charge is -2.31. The molecule has 1 atom stereocenters. The molecule has 3 aromatic heterocycles. The number of amides is 1. The van der Waals surface area contributed by atoms with E-state index in [-0.39, 0.29) is 11.8 Å². The summed E-state index contributed by atoms with van der Waals surface area (Å²) in [5.74, 6) is 1.82. The fourth-order valence-electron chi connectivity index (χ4n) is 3.17. The molecule has 1 aliphatic rings. The van der Waals surface area contributed by atoms with Crippen molar-refractivity contribution in [1.82, 2.24) is 19.5 Å². The van der Waals surface area contributed by atoms with Crippen LogP contribution < -0.4 is 0 Å². The van der Waals surface area contributed by atoms with Crippen molar-refractivity contribution in [2.24, 2.45) is 0 Å². The van der Waals surface area contributed by atoms with E-state index < -0.39 is 0 Å². The van der Waals surface area contributed by atoms with Gasteiger partial charge in [0.25, 0.3) is 0 Å². The second-order valence-corrected chi connectivity index (χ2v) is 5.96. The minimum Gasteiger partial charge on any atom is -0.465 e. The van der Waals surface area contributed by atoms with Crippen LogP contribution in [-0.2, 0) is 4.79 Å². The van der Waals surface area contributed by atoms with Gasteiger partial charge in [0.1, 0.15) is 11.6 Å². The van der Waals surface area contributed by atoms with Crippen molar-refractivity contribution in [2.75, 3.05) is 13.1 Å². The fraction of sp³-hybridized carbons (Fsp3) is 0.278. The largest absolute Gasteiger partial charge is 0.465 e. The van der Waals surface area contributed by atoms with Crippen molar-refractivity contribution < 1.29 is 9.21 Å². The monoisotopic (exact) mass is 322 g/mol. The van der Waals surface area contributed by atoms with Crippen molar-refractivity contribution in [3.8, 4) is 0 Å². The highest BCUT2D eigenvalue weighted by Crippen LogP contribution is 2.26. The van der Waals surface area contributed by atoms with Crippen LogP contribution in [0.5, 0.6) is 0 Å². The average molecular weight is 322 g/mol. The van der Waals surface area contributed by atoms with Crippen molar-refractivity contribution in [3.05, 3.63) is 60.5 Å². The molecular formula is C18H18N4O2. The third-order valence-electron chi connectivity index (χ3n) is 4.37. The van der Waals surface area contributed by atoms with Crippen LogP contribution in [0, 0.1) is 0 Å². The molecule has 0 radical (unpaired) electrons. The Morgan fingerprint density at radius 3 is 3.08 bits per heavy atom. The number of likely N-dealkylation sites (tertiary alicyclic amines) is 1. The number of rotatable bonds is 3. The van der Waals surface area contributed by atoms with Gasteiger partial charge in [-0.25, -0.2) is 0 Å². The third-order valence-corrected chi connectivity index (χ3v) is 4.37. The van der Waals surface area contributed by atoms with Crippen LogP contribution >= 0.6 is 0 Å². The van der Waals surface area contributed by atoms with Gasteiger partial charge in [0.05, 0.1) is 6.26 Å². The molecule has 0 bridgehead atoms. The number of hydrogen-bond donors (Lipinski definition) is 0. The molecule has 0 N–H and O–H groups in total. The summed E-state index contributed by atoms with van der Waals surface area (Å²) in [7, 11) is 0. The first-order valence-electron chi connectivity index (χ1n) is 8.11. The Balaban J connectivity index is 1.50. The van der Waals surface area contributed by atoms with Crippen molar-refractivity contribution in [3.63, 3.8) is 0 Å². The Hall–Kier alpha value is -2.89. The van der Waals surface area contributed by atoms with Gasteiger partial charge in [0, 0.05) is 31.3 Å². The first kappa shape index (κ1) is 14.7. The van der Waals surface area contributed by atoms with E-state index >= 15 is 0 Å². The zero-order valence-electron chi connectivity index (χ0n) is 13.2. The molecule has 1 unspecified atom stereocenters. The van der Waals surface area contributed by atoms with Crippen molar-refractivity contribution in [1.29, 1.82) is 0 Å². The summed E-state index contributed by atoms with van der Waals surface area (Å²) in [5.41, 5.74) is 0.841. The second kappa shape index (κ2) is 6.31. The van der Waals surface area contributed by atoms with Gasteiger partial charge in [-0.2, -0.15) is 0 Å². The lowest BCUT2D eigenvalue weighted by Crippen LogP contribution is -2.38. The first-order valence-corrected chi connectivity index (χ1v) is 8.11. The molecule has 0 saturated carbocycles. The summed E-state index contributed by atoms with van der Waals surface area (Å²) in [6.45, 7) is 1.44. The second-order valence-electron chi connectivity index (χ2n) is 5.96. The van der Waals surface area contributed by atoms with Crippen LogP contribution in [0.2, 0.25) is 0 Å². The van der Waals surface area contributed by atoms with Crippen LogP contribution in [0.3, 0.4) is 0 Å². The van der Waals surface area contributed by atoms with Crippen molar-refractivity contribution >= 4 is 17.6 Å². The van der Waals surface area contributed by atoms with E-state index in [0.717, 1.165) is 30.9 Å². The minimum atomic E-state index is 0.00456. The Labute approximate surface area is 139 Å². The summed E-state index contributed by atoms with van der Waals surface area (Å²) >= 11 is 0. The molecule has 0 aromatic carbocycles. The highest BCUT2D eigenvalue weighted by atomic mass is 16.3. The molecule has 122 valence electrons. The van der Waals surface area contributed by atoms with Crippen molar-refractivity contribution in [2.45, 2.75) is 18.8 Å². The number of piperidine rings is 1. The number of aromatic nitrogens is 3. The van der Waals surface area contributed by atoms with Crippen LogP contribution in [-0.4, -0.2) is 38.5 Å². The van der Waals surface area contributed by atoms with Crippen LogP contribution in [0.1, 0.15) is 30.3 Å². The molecule has 0 spiro atoms. The van der Waals surface area contributed by atoms with E-state index in [2.05, 4.69) is 10.2 Å². The maximum Gasteiger partial charge on any atom is 0.246 e. The quantitative estimate of drug-likeness (QED) is 0.696. The maximum absolute atomic E-state index is 12.4. The molecule has 1 fully saturated rings. The Morgan fingerprint density at radius 1 is 1.25 bits per heavy atom. The van der Waals surface area contributed by atoms with Gasteiger partial charge in [-0.3, -0.25) is 9.20 Å². The van der Waals surface area contributed by atoms with Gasteiger partial charge in [-0.1, -0.05) is 6.07 Å². The molecule has 1 aliphatic heterocycles. The summed E-state index contributed by atoms with van der Waals surface area (Å²) in [4.78, 5) is 14.3. The number of fused-ring (bicyclic) bond motifs is 1. The predicted molar refractivity (Wildman–Crippen MR) is 89.3 cm³/mol. The van der Waals surface area contributed by atoms with Gasteiger partial charge in [-0.15, -0.1) is 10.2 Å². The van der Waals surface area contributed by atoms with E-state index in [1.807, 2.05) is 39.8 Å². The summed E-state index contributed by atoms with van der Waals surface area (Å²) in [5, 5.41) is 8.56. The summed E-state index contributed by atoms with van der Waals surface area (Å²) < 4.78 is 7.23. The highest BCUT2D eigenvalue weighted by Gasteiger charge is 2.26. The van der Waals surface area contributed by atoms with Gasteiger partial charge in [-0.05, 0) is 43.2 Å². The number of nitrogens with zero attached hydrogens (tertiary/aromatic N) is 4. The predicted octanol–water partition coefficient (Wildman–Crippen LogP) is 2.74. The maximum atomic E-state index is 12.4. The van der Waals surface area contributed by atoms with E-state index in [0.29, 0.717) is 12.3 Å². The number of hydrogen-bond acceptors (Lipinski definition) is 4.